The van der Waals surface area contributed by atoms with Crippen molar-refractivity contribution in [3.63, 3.8) is 0 Å². The number of aromatic nitrogens is 2. The van der Waals surface area contributed by atoms with Gasteiger partial charge in [0.2, 0.25) is 0 Å². The Hall–Kier alpha value is -4.95. The molecule has 1 saturated heterocycles. The Morgan fingerprint density at radius 1 is 0.889 bits per heavy atom. The summed E-state index contributed by atoms with van der Waals surface area (Å²) in [6.45, 7) is 3.78. The van der Waals surface area contributed by atoms with Crippen LogP contribution in [0.5, 0.6) is 0 Å². The van der Waals surface area contributed by atoms with Gasteiger partial charge in [0.1, 0.15) is 5.69 Å². The van der Waals surface area contributed by atoms with Crippen LogP contribution in [0.2, 0.25) is 0 Å². The number of nitrogens with one attached hydrogen (secondary N) is 1. The quantitative estimate of drug-likeness (QED) is 0.459. The summed E-state index contributed by atoms with van der Waals surface area (Å²) in [5.41, 5.74) is 3.48. The zero-order valence-electron chi connectivity index (χ0n) is 19.7. The first-order valence-electron chi connectivity index (χ1n) is 11.7. The van der Waals surface area contributed by atoms with Crippen molar-refractivity contribution in [2.75, 3.05) is 29.9 Å². The first kappa shape index (κ1) is 22.8. The number of hydrogen-bond donors (Lipinski definition) is 1. The van der Waals surface area contributed by atoms with E-state index in [0.29, 0.717) is 36.4 Å². The molecule has 176 valence electrons. The van der Waals surface area contributed by atoms with Gasteiger partial charge in [-0.2, -0.15) is 10.5 Å². The van der Waals surface area contributed by atoms with Crippen LogP contribution in [0.3, 0.4) is 0 Å². The van der Waals surface area contributed by atoms with E-state index in [1.54, 1.807) is 41.3 Å². The fraction of sp³-hybridized carbons (Fsp3) is 0.179. The first-order valence-corrected chi connectivity index (χ1v) is 11.7. The highest BCUT2D eigenvalue weighted by atomic mass is 16.2. The Morgan fingerprint density at radius 3 is 2.17 bits per heavy atom. The van der Waals surface area contributed by atoms with Gasteiger partial charge in [-0.3, -0.25) is 0 Å². The monoisotopic (exact) mass is 473 g/mol. The minimum atomic E-state index is -0.168. The molecule has 5 rings (SSSR count). The molecule has 1 fully saturated rings. The van der Waals surface area contributed by atoms with E-state index in [2.05, 4.69) is 39.5 Å². The number of nitrogens with zero attached hydrogens (tertiary/aromatic N) is 6. The SMILES string of the molecule is CC1CN(C(=O)Nc2ccc(C#N)cc2)CCN1c1nnc(-c2ccc(C#N)cc2)c2ccccc12. The average molecular weight is 474 g/mol. The van der Waals surface area contributed by atoms with Gasteiger partial charge in [0.05, 0.1) is 23.3 Å². The number of rotatable bonds is 3. The first-order chi connectivity index (χ1) is 17.6. The zero-order chi connectivity index (χ0) is 25.1. The predicted molar refractivity (Wildman–Crippen MR) is 138 cm³/mol. The van der Waals surface area contributed by atoms with Crippen LogP contribution in [0, 0.1) is 22.7 Å². The lowest BCUT2D eigenvalue weighted by atomic mass is 10.0. The van der Waals surface area contributed by atoms with Crippen molar-refractivity contribution < 1.29 is 4.79 Å². The summed E-state index contributed by atoms with van der Waals surface area (Å²) in [5.74, 6) is 0.794. The number of benzene rings is 3. The van der Waals surface area contributed by atoms with E-state index >= 15 is 0 Å². The maximum absolute atomic E-state index is 12.9. The lowest BCUT2D eigenvalue weighted by Crippen LogP contribution is -2.55. The largest absolute Gasteiger partial charge is 0.348 e. The fourth-order valence-electron chi connectivity index (χ4n) is 4.51. The van der Waals surface area contributed by atoms with Gasteiger partial charge < -0.3 is 15.1 Å². The molecule has 4 aromatic rings. The van der Waals surface area contributed by atoms with E-state index in [1.165, 1.54) is 0 Å². The second-order valence-corrected chi connectivity index (χ2v) is 8.71. The maximum Gasteiger partial charge on any atom is 0.321 e. The maximum atomic E-state index is 12.9. The van der Waals surface area contributed by atoms with Gasteiger partial charge in [-0.25, -0.2) is 4.79 Å². The van der Waals surface area contributed by atoms with Crippen LogP contribution >= 0.6 is 0 Å². The number of carbonyl (C=O) groups is 1. The van der Waals surface area contributed by atoms with Crippen molar-refractivity contribution in [3.05, 3.63) is 83.9 Å². The molecule has 1 unspecified atom stereocenters. The summed E-state index contributed by atoms with van der Waals surface area (Å²) in [6.07, 6.45) is 0. The Balaban J connectivity index is 1.36. The predicted octanol–water partition coefficient (Wildman–Crippen LogP) is 4.78. The molecular weight excluding hydrogens is 450 g/mol. The Kier molecular flexibility index (Phi) is 6.17. The number of anilines is 2. The van der Waals surface area contributed by atoms with E-state index in [0.717, 1.165) is 27.8 Å². The minimum Gasteiger partial charge on any atom is -0.348 e. The van der Waals surface area contributed by atoms with Crippen LogP contribution in [0.25, 0.3) is 22.0 Å². The molecule has 2 amide bonds. The van der Waals surface area contributed by atoms with Crippen molar-refractivity contribution in [2.45, 2.75) is 13.0 Å². The molecule has 1 N–H and O–H groups in total. The van der Waals surface area contributed by atoms with E-state index in [9.17, 15) is 4.79 Å². The van der Waals surface area contributed by atoms with E-state index in [1.807, 2.05) is 36.4 Å². The van der Waals surface area contributed by atoms with Gasteiger partial charge in [0.25, 0.3) is 0 Å². The number of hydrogen-bond acceptors (Lipinski definition) is 6. The zero-order valence-corrected chi connectivity index (χ0v) is 19.7. The average Bonchev–Trinajstić information content (AvgIpc) is 2.93. The summed E-state index contributed by atoms with van der Waals surface area (Å²) >= 11 is 0. The van der Waals surface area contributed by atoms with Crippen molar-refractivity contribution in [3.8, 4) is 23.4 Å². The van der Waals surface area contributed by atoms with Crippen LogP contribution in [0.4, 0.5) is 16.3 Å². The smallest absolute Gasteiger partial charge is 0.321 e. The van der Waals surface area contributed by atoms with Crippen LogP contribution in [-0.2, 0) is 0 Å². The number of amides is 2. The summed E-state index contributed by atoms with van der Waals surface area (Å²) < 4.78 is 0. The van der Waals surface area contributed by atoms with E-state index in [-0.39, 0.29) is 12.1 Å². The number of nitriles is 2. The summed E-state index contributed by atoms with van der Waals surface area (Å²) in [7, 11) is 0. The number of fused-ring (bicyclic) bond motifs is 1. The number of urea groups is 1. The Morgan fingerprint density at radius 2 is 1.53 bits per heavy atom. The highest BCUT2D eigenvalue weighted by Crippen LogP contribution is 2.33. The minimum absolute atomic E-state index is 0.0314. The van der Waals surface area contributed by atoms with Crippen molar-refractivity contribution >= 4 is 28.3 Å². The van der Waals surface area contributed by atoms with Gasteiger partial charge in [-0.1, -0.05) is 36.4 Å². The van der Waals surface area contributed by atoms with Crippen LogP contribution in [-0.4, -0.2) is 46.8 Å². The summed E-state index contributed by atoms with van der Waals surface area (Å²) in [6, 6.07) is 26.3. The van der Waals surface area contributed by atoms with Gasteiger partial charge in [0.15, 0.2) is 5.82 Å². The van der Waals surface area contributed by atoms with Crippen LogP contribution in [0.1, 0.15) is 18.1 Å². The van der Waals surface area contributed by atoms with E-state index in [4.69, 9.17) is 10.5 Å². The number of piperazine rings is 1. The third-order valence-corrected chi connectivity index (χ3v) is 6.41. The second-order valence-electron chi connectivity index (χ2n) is 8.71. The lowest BCUT2D eigenvalue weighted by molar-refractivity contribution is 0.200. The molecule has 36 heavy (non-hydrogen) atoms. The van der Waals surface area contributed by atoms with Crippen LogP contribution in [0.15, 0.2) is 72.8 Å². The molecule has 0 radical (unpaired) electrons. The third-order valence-electron chi connectivity index (χ3n) is 6.41. The van der Waals surface area contributed by atoms with Gasteiger partial charge in [-0.15, -0.1) is 10.2 Å². The van der Waals surface area contributed by atoms with Crippen molar-refractivity contribution in [1.82, 2.24) is 15.1 Å². The van der Waals surface area contributed by atoms with Gasteiger partial charge >= 0.3 is 6.03 Å². The topological polar surface area (TPSA) is 109 Å². The molecule has 1 aliphatic heterocycles. The molecule has 3 aromatic carbocycles. The normalized spacial score (nSPS) is 15.2. The third kappa shape index (κ3) is 4.40. The van der Waals surface area contributed by atoms with E-state index < -0.39 is 0 Å². The van der Waals surface area contributed by atoms with Crippen molar-refractivity contribution in [1.29, 1.82) is 10.5 Å². The van der Waals surface area contributed by atoms with Crippen LogP contribution < -0.4 is 10.2 Å². The summed E-state index contributed by atoms with van der Waals surface area (Å²) in [5, 5.41) is 32.1. The molecule has 2 heterocycles. The summed E-state index contributed by atoms with van der Waals surface area (Å²) in [4.78, 5) is 16.8. The number of carbonyl (C=O) groups excluding carboxylic acids is 1. The Bertz CT molecular complexity index is 1500. The molecule has 1 atom stereocenters. The molecule has 0 spiro atoms. The lowest BCUT2D eigenvalue weighted by Gasteiger charge is -2.40. The highest BCUT2D eigenvalue weighted by molar-refractivity contribution is 6.00. The Labute approximate surface area is 209 Å². The molecule has 0 bridgehead atoms. The second kappa shape index (κ2) is 9.73. The standard InChI is InChI=1S/C28H23N7O/c1-19-18-34(28(36)31-23-12-8-21(17-30)9-13-23)14-15-35(19)27-25-5-3-2-4-24(25)26(32-33-27)22-10-6-20(16-29)7-11-22/h2-13,19H,14-15,18H2,1H3,(H,31,36). The van der Waals surface area contributed by atoms with Gasteiger partial charge in [-0.05, 0) is 43.3 Å². The van der Waals surface area contributed by atoms with Gasteiger partial charge in [0, 0.05) is 47.7 Å². The molecule has 1 aliphatic rings. The fourth-order valence-corrected chi connectivity index (χ4v) is 4.51. The molecule has 1 aromatic heterocycles. The highest BCUT2D eigenvalue weighted by Gasteiger charge is 2.29. The molecule has 8 nitrogen and oxygen atoms in total. The molecular formula is C28H23N7O. The molecule has 0 saturated carbocycles. The van der Waals surface area contributed by atoms with Crippen molar-refractivity contribution in [2.24, 2.45) is 0 Å². The molecule has 8 heteroatoms. The molecule has 0 aliphatic carbocycles.